The number of nitrogens with zero attached hydrogens (tertiary/aromatic N) is 2. The van der Waals surface area contributed by atoms with Gasteiger partial charge >= 0.3 is 0 Å². The van der Waals surface area contributed by atoms with E-state index >= 15 is 0 Å². The molecule has 2 aromatic heterocycles. The lowest BCUT2D eigenvalue weighted by Gasteiger charge is -2.06. The molecule has 0 fully saturated rings. The minimum Gasteiger partial charge on any atom is -0.347 e. The summed E-state index contributed by atoms with van der Waals surface area (Å²) >= 11 is 1.29. The number of fused-ring (bicyclic) bond motifs is 1. The van der Waals surface area contributed by atoms with Crippen LogP contribution in [0.25, 0.3) is 15.8 Å². The van der Waals surface area contributed by atoms with Gasteiger partial charge in [0, 0.05) is 29.0 Å². The normalized spacial score (nSPS) is 10.9. The minimum atomic E-state index is -0.304. The van der Waals surface area contributed by atoms with Crippen LogP contribution in [0, 0.1) is 5.82 Å². The van der Waals surface area contributed by atoms with Gasteiger partial charge in [-0.1, -0.05) is 18.2 Å². The van der Waals surface area contributed by atoms with Gasteiger partial charge in [0.1, 0.15) is 5.82 Å². The first kappa shape index (κ1) is 15.5. The highest BCUT2D eigenvalue weighted by atomic mass is 32.1. The van der Waals surface area contributed by atoms with Crippen LogP contribution in [0.4, 0.5) is 4.39 Å². The Kier molecular flexibility index (Phi) is 4.03. The van der Waals surface area contributed by atoms with Crippen molar-refractivity contribution in [1.82, 2.24) is 15.1 Å². The van der Waals surface area contributed by atoms with E-state index in [9.17, 15) is 9.18 Å². The molecule has 4 aromatic rings. The largest absolute Gasteiger partial charge is 0.347 e. The fourth-order valence-electron chi connectivity index (χ4n) is 2.59. The van der Waals surface area contributed by atoms with E-state index < -0.39 is 0 Å². The van der Waals surface area contributed by atoms with Gasteiger partial charge in [0.15, 0.2) is 0 Å². The number of nitrogens with one attached hydrogen (secondary N) is 1. The number of hydrogen-bond acceptors (Lipinski definition) is 3. The lowest BCUT2D eigenvalue weighted by Crippen LogP contribution is -2.21. The summed E-state index contributed by atoms with van der Waals surface area (Å²) in [6, 6.07) is 16.1. The molecule has 0 saturated carbocycles. The first-order valence-electron chi connectivity index (χ1n) is 7.76. The average Bonchev–Trinajstić information content (AvgIpc) is 3.30. The molecule has 4 nitrogen and oxygen atoms in total. The summed E-state index contributed by atoms with van der Waals surface area (Å²) < 4.78 is 16.3. The Morgan fingerprint density at radius 1 is 1.16 bits per heavy atom. The predicted octanol–water partition coefficient (Wildman–Crippen LogP) is 4.16. The second kappa shape index (κ2) is 6.49. The summed E-state index contributed by atoms with van der Waals surface area (Å²) in [5, 5.41) is 7.54. The van der Waals surface area contributed by atoms with Crippen LogP contribution < -0.4 is 5.32 Å². The van der Waals surface area contributed by atoms with E-state index in [1.165, 1.54) is 17.4 Å². The topological polar surface area (TPSA) is 46.9 Å². The van der Waals surface area contributed by atoms with Gasteiger partial charge in [0.25, 0.3) is 5.91 Å². The Balaban J connectivity index is 1.45. The molecule has 25 heavy (non-hydrogen) atoms. The van der Waals surface area contributed by atoms with Crippen LogP contribution in [0.1, 0.15) is 15.2 Å². The van der Waals surface area contributed by atoms with Crippen molar-refractivity contribution >= 4 is 27.3 Å². The average molecular weight is 351 g/mol. The van der Waals surface area contributed by atoms with E-state index in [1.807, 2.05) is 42.6 Å². The fraction of sp³-hybridized carbons (Fsp3) is 0.0526. The molecule has 0 bridgehead atoms. The van der Waals surface area contributed by atoms with Crippen LogP contribution in [-0.2, 0) is 6.54 Å². The molecule has 1 N–H and O–H groups in total. The standard InChI is InChI=1S/C19H14FN3OS/c20-16-3-1-4-17-15(16)11-18(25-17)19(24)21-12-13-5-7-14(8-6-13)23-10-2-9-22-23/h1-11H,12H2,(H,21,24). The van der Waals surface area contributed by atoms with Gasteiger partial charge in [-0.15, -0.1) is 11.3 Å². The number of hydrogen-bond donors (Lipinski definition) is 1. The summed E-state index contributed by atoms with van der Waals surface area (Å²) in [4.78, 5) is 12.8. The zero-order valence-corrected chi connectivity index (χ0v) is 14.0. The highest BCUT2D eigenvalue weighted by Gasteiger charge is 2.12. The fourth-order valence-corrected chi connectivity index (χ4v) is 3.59. The van der Waals surface area contributed by atoms with E-state index in [2.05, 4.69) is 10.4 Å². The van der Waals surface area contributed by atoms with Gasteiger partial charge in [-0.05, 0) is 42.0 Å². The third-order valence-electron chi connectivity index (χ3n) is 3.89. The molecule has 0 aliphatic carbocycles. The molecule has 6 heteroatoms. The predicted molar refractivity (Wildman–Crippen MR) is 96.5 cm³/mol. The number of carbonyl (C=O) groups excluding carboxylic acids is 1. The Hall–Kier alpha value is -2.99. The minimum absolute atomic E-state index is 0.197. The number of carbonyl (C=O) groups is 1. The van der Waals surface area contributed by atoms with Crippen LogP contribution in [0.15, 0.2) is 67.0 Å². The molecule has 0 spiro atoms. The third kappa shape index (κ3) is 3.16. The monoisotopic (exact) mass is 351 g/mol. The van der Waals surface area contributed by atoms with Gasteiger partial charge in [0.2, 0.25) is 0 Å². The highest BCUT2D eigenvalue weighted by Crippen LogP contribution is 2.27. The summed E-state index contributed by atoms with van der Waals surface area (Å²) in [6.07, 6.45) is 3.60. The van der Waals surface area contributed by atoms with Gasteiger partial charge in [-0.25, -0.2) is 9.07 Å². The van der Waals surface area contributed by atoms with Crippen molar-refractivity contribution in [3.63, 3.8) is 0 Å². The zero-order chi connectivity index (χ0) is 17.2. The van der Waals surface area contributed by atoms with E-state index in [0.29, 0.717) is 16.8 Å². The van der Waals surface area contributed by atoms with E-state index in [1.54, 1.807) is 23.0 Å². The van der Waals surface area contributed by atoms with E-state index in [-0.39, 0.29) is 11.7 Å². The first-order valence-corrected chi connectivity index (χ1v) is 8.57. The van der Waals surface area contributed by atoms with Crippen molar-refractivity contribution in [3.05, 3.63) is 83.2 Å². The van der Waals surface area contributed by atoms with Gasteiger partial charge < -0.3 is 5.32 Å². The second-order valence-corrected chi connectivity index (χ2v) is 6.65. The molecule has 0 aliphatic rings. The Labute approximate surface area is 147 Å². The molecule has 1 amide bonds. The Morgan fingerprint density at radius 3 is 2.72 bits per heavy atom. The SMILES string of the molecule is O=C(NCc1ccc(-n2cccn2)cc1)c1cc2c(F)cccc2s1. The van der Waals surface area contributed by atoms with E-state index in [4.69, 9.17) is 0 Å². The third-order valence-corrected chi connectivity index (χ3v) is 4.99. The lowest BCUT2D eigenvalue weighted by atomic mass is 10.2. The maximum atomic E-state index is 13.7. The molecular formula is C19H14FN3OS. The lowest BCUT2D eigenvalue weighted by molar-refractivity contribution is 0.0955. The van der Waals surface area contributed by atoms with Gasteiger partial charge in [-0.3, -0.25) is 4.79 Å². The van der Waals surface area contributed by atoms with Crippen molar-refractivity contribution in [2.75, 3.05) is 0 Å². The molecule has 2 heterocycles. The zero-order valence-electron chi connectivity index (χ0n) is 13.1. The Morgan fingerprint density at radius 2 is 2.00 bits per heavy atom. The summed E-state index contributed by atoms with van der Waals surface area (Å²) in [7, 11) is 0. The number of benzene rings is 2. The van der Waals surface area contributed by atoms with Crippen molar-refractivity contribution in [3.8, 4) is 5.69 Å². The molecule has 0 aliphatic heterocycles. The van der Waals surface area contributed by atoms with Gasteiger partial charge in [0.05, 0.1) is 10.6 Å². The van der Waals surface area contributed by atoms with E-state index in [0.717, 1.165) is 16.0 Å². The number of rotatable bonds is 4. The number of halogens is 1. The molecule has 0 atom stereocenters. The second-order valence-electron chi connectivity index (χ2n) is 5.56. The van der Waals surface area contributed by atoms with Crippen LogP contribution in [0.5, 0.6) is 0 Å². The number of thiophene rings is 1. The highest BCUT2D eigenvalue weighted by molar-refractivity contribution is 7.20. The quantitative estimate of drug-likeness (QED) is 0.600. The molecule has 2 aromatic carbocycles. The van der Waals surface area contributed by atoms with Crippen molar-refractivity contribution in [2.45, 2.75) is 6.54 Å². The molecule has 0 saturated heterocycles. The molecular weight excluding hydrogens is 337 g/mol. The van der Waals surface area contributed by atoms with Crippen molar-refractivity contribution < 1.29 is 9.18 Å². The van der Waals surface area contributed by atoms with Crippen LogP contribution >= 0.6 is 11.3 Å². The van der Waals surface area contributed by atoms with Crippen LogP contribution in [0.3, 0.4) is 0 Å². The first-order chi connectivity index (χ1) is 12.2. The summed E-state index contributed by atoms with van der Waals surface area (Å²) in [5.74, 6) is -0.501. The van der Waals surface area contributed by atoms with Crippen LogP contribution in [-0.4, -0.2) is 15.7 Å². The maximum absolute atomic E-state index is 13.7. The number of amides is 1. The molecule has 0 unspecified atom stereocenters. The Bertz CT molecular complexity index is 1020. The molecule has 124 valence electrons. The van der Waals surface area contributed by atoms with Crippen molar-refractivity contribution in [2.24, 2.45) is 0 Å². The summed E-state index contributed by atoms with van der Waals surface area (Å²) in [5.41, 5.74) is 1.94. The summed E-state index contributed by atoms with van der Waals surface area (Å²) in [6.45, 7) is 0.412. The molecule has 4 rings (SSSR count). The van der Waals surface area contributed by atoms with Crippen molar-refractivity contribution in [1.29, 1.82) is 0 Å². The number of aromatic nitrogens is 2. The maximum Gasteiger partial charge on any atom is 0.261 e. The molecule has 0 radical (unpaired) electrons. The van der Waals surface area contributed by atoms with Crippen LogP contribution in [0.2, 0.25) is 0 Å². The smallest absolute Gasteiger partial charge is 0.261 e. The van der Waals surface area contributed by atoms with Gasteiger partial charge in [-0.2, -0.15) is 5.10 Å².